The average molecular weight is 213 g/mol. The molecule has 0 bridgehead atoms. The number of hydrogen-bond acceptors (Lipinski definition) is 2. The van der Waals surface area contributed by atoms with E-state index in [1.165, 1.54) is 24.3 Å². The van der Waals surface area contributed by atoms with E-state index in [1.54, 1.807) is 0 Å². The highest BCUT2D eigenvalue weighted by molar-refractivity contribution is 5.96. The fourth-order valence-electron chi connectivity index (χ4n) is 1.24. The summed E-state index contributed by atoms with van der Waals surface area (Å²) >= 11 is 0. The molecule has 82 valence electrons. The van der Waals surface area contributed by atoms with E-state index in [4.69, 9.17) is 5.73 Å². The van der Waals surface area contributed by atoms with Gasteiger partial charge in [0, 0.05) is 24.5 Å². The number of benzene rings is 1. The van der Waals surface area contributed by atoms with Crippen LogP contribution in [0.15, 0.2) is 24.3 Å². The first-order valence-electron chi connectivity index (χ1n) is 4.67. The van der Waals surface area contributed by atoms with Gasteiger partial charge in [0.25, 0.3) is 5.92 Å². The fourth-order valence-corrected chi connectivity index (χ4v) is 1.24. The minimum atomic E-state index is -2.92. The number of alkyl halides is 2. The standard InChI is InChI=1S/C11H13F2NO/c1-11(12,13)9-4-2-3-8(7-9)10(15)5-6-14/h2-4,7H,5-6,14H2,1H3. The number of Topliss-reactive ketones (excluding diaryl/α,β-unsaturated/α-hetero) is 1. The van der Waals surface area contributed by atoms with Crippen LogP contribution < -0.4 is 5.73 Å². The van der Waals surface area contributed by atoms with Crippen LogP contribution >= 0.6 is 0 Å². The van der Waals surface area contributed by atoms with Gasteiger partial charge in [-0.05, 0) is 12.6 Å². The van der Waals surface area contributed by atoms with E-state index >= 15 is 0 Å². The van der Waals surface area contributed by atoms with Crippen molar-refractivity contribution in [3.63, 3.8) is 0 Å². The predicted molar refractivity (Wildman–Crippen MR) is 54.0 cm³/mol. The largest absolute Gasteiger partial charge is 0.330 e. The summed E-state index contributed by atoms with van der Waals surface area (Å²) in [5.74, 6) is -3.12. The Morgan fingerprint density at radius 3 is 2.67 bits per heavy atom. The first kappa shape index (κ1) is 11.8. The Hall–Kier alpha value is -1.29. The highest BCUT2D eigenvalue weighted by Crippen LogP contribution is 2.27. The van der Waals surface area contributed by atoms with Crippen LogP contribution in [-0.2, 0) is 5.92 Å². The number of rotatable bonds is 4. The molecule has 0 amide bonds. The van der Waals surface area contributed by atoms with E-state index < -0.39 is 5.92 Å². The minimum Gasteiger partial charge on any atom is -0.330 e. The predicted octanol–water partition coefficient (Wildman–Crippen LogP) is 2.33. The average Bonchev–Trinajstić information content (AvgIpc) is 2.17. The lowest BCUT2D eigenvalue weighted by atomic mass is 10.0. The third kappa shape index (κ3) is 3.09. The van der Waals surface area contributed by atoms with Gasteiger partial charge in [-0.25, -0.2) is 8.78 Å². The Bertz CT molecular complexity index is 358. The maximum atomic E-state index is 12.9. The summed E-state index contributed by atoms with van der Waals surface area (Å²) in [6.45, 7) is 1.03. The van der Waals surface area contributed by atoms with E-state index in [0.29, 0.717) is 5.56 Å². The monoisotopic (exact) mass is 213 g/mol. The van der Waals surface area contributed by atoms with E-state index in [9.17, 15) is 13.6 Å². The van der Waals surface area contributed by atoms with Gasteiger partial charge in [0.15, 0.2) is 5.78 Å². The molecule has 0 fully saturated rings. The van der Waals surface area contributed by atoms with Crippen LogP contribution in [-0.4, -0.2) is 12.3 Å². The van der Waals surface area contributed by atoms with Crippen molar-refractivity contribution in [1.82, 2.24) is 0 Å². The van der Waals surface area contributed by atoms with Crippen molar-refractivity contribution in [3.8, 4) is 0 Å². The van der Waals surface area contributed by atoms with Crippen molar-refractivity contribution in [2.75, 3.05) is 6.54 Å². The second kappa shape index (κ2) is 4.49. The molecule has 0 saturated heterocycles. The summed E-state index contributed by atoms with van der Waals surface area (Å²) in [4.78, 5) is 11.4. The van der Waals surface area contributed by atoms with Crippen molar-refractivity contribution in [3.05, 3.63) is 35.4 Å². The maximum Gasteiger partial charge on any atom is 0.270 e. The van der Waals surface area contributed by atoms with Gasteiger partial charge in [-0.15, -0.1) is 0 Å². The Balaban J connectivity index is 2.98. The molecule has 1 rings (SSSR count). The summed E-state index contributed by atoms with van der Waals surface area (Å²) in [5.41, 5.74) is 5.37. The summed E-state index contributed by atoms with van der Waals surface area (Å²) < 4.78 is 25.9. The van der Waals surface area contributed by atoms with Crippen molar-refractivity contribution < 1.29 is 13.6 Å². The smallest absolute Gasteiger partial charge is 0.270 e. The van der Waals surface area contributed by atoms with E-state index in [-0.39, 0.29) is 24.3 Å². The maximum absolute atomic E-state index is 12.9. The van der Waals surface area contributed by atoms with Gasteiger partial charge in [0.05, 0.1) is 0 Å². The Labute approximate surface area is 87.1 Å². The lowest BCUT2D eigenvalue weighted by Crippen LogP contribution is -2.11. The highest BCUT2D eigenvalue weighted by atomic mass is 19.3. The molecule has 0 aliphatic carbocycles. The van der Waals surface area contributed by atoms with Gasteiger partial charge < -0.3 is 5.73 Å². The molecule has 1 aromatic rings. The molecule has 0 saturated carbocycles. The van der Waals surface area contributed by atoms with Gasteiger partial charge >= 0.3 is 0 Å². The van der Waals surface area contributed by atoms with Crippen LogP contribution in [0.25, 0.3) is 0 Å². The van der Waals surface area contributed by atoms with Gasteiger partial charge in [-0.3, -0.25) is 4.79 Å². The van der Waals surface area contributed by atoms with Crippen molar-refractivity contribution >= 4 is 5.78 Å². The number of ketones is 1. The third-order valence-corrected chi connectivity index (χ3v) is 2.06. The molecule has 0 aromatic heterocycles. The molecule has 4 heteroatoms. The molecule has 0 aliphatic rings. The molecule has 2 nitrogen and oxygen atoms in total. The van der Waals surface area contributed by atoms with Crippen LogP contribution in [0.1, 0.15) is 29.3 Å². The third-order valence-electron chi connectivity index (χ3n) is 2.06. The molecular weight excluding hydrogens is 200 g/mol. The van der Waals surface area contributed by atoms with Crippen LogP contribution in [0.4, 0.5) is 8.78 Å². The summed E-state index contributed by atoms with van der Waals surface area (Å²) in [5, 5.41) is 0. The zero-order valence-corrected chi connectivity index (χ0v) is 8.47. The molecule has 15 heavy (non-hydrogen) atoms. The Morgan fingerprint density at radius 1 is 1.47 bits per heavy atom. The first-order valence-corrected chi connectivity index (χ1v) is 4.67. The van der Waals surface area contributed by atoms with Gasteiger partial charge in [0.1, 0.15) is 0 Å². The number of carbonyl (C=O) groups is 1. The lowest BCUT2D eigenvalue weighted by molar-refractivity contribution is 0.0174. The SMILES string of the molecule is CC(F)(F)c1cccc(C(=O)CCN)c1. The van der Waals surface area contributed by atoms with Crippen LogP contribution in [0.3, 0.4) is 0 Å². The molecule has 2 N–H and O–H groups in total. The quantitative estimate of drug-likeness (QED) is 0.780. The Kier molecular flexibility index (Phi) is 3.52. The van der Waals surface area contributed by atoms with E-state index in [0.717, 1.165) is 6.92 Å². The highest BCUT2D eigenvalue weighted by Gasteiger charge is 2.24. The van der Waals surface area contributed by atoms with Gasteiger partial charge in [-0.1, -0.05) is 18.2 Å². The summed E-state index contributed by atoms with van der Waals surface area (Å²) in [7, 11) is 0. The van der Waals surface area contributed by atoms with Crippen molar-refractivity contribution in [2.24, 2.45) is 5.73 Å². The molecule has 0 spiro atoms. The zero-order chi connectivity index (χ0) is 11.5. The van der Waals surface area contributed by atoms with E-state index in [1.807, 2.05) is 0 Å². The molecule has 1 aromatic carbocycles. The normalized spacial score (nSPS) is 11.5. The van der Waals surface area contributed by atoms with Crippen molar-refractivity contribution in [2.45, 2.75) is 19.3 Å². The van der Waals surface area contributed by atoms with Gasteiger partial charge in [0.2, 0.25) is 0 Å². The topological polar surface area (TPSA) is 43.1 Å². The zero-order valence-electron chi connectivity index (χ0n) is 8.47. The molecular formula is C11H13F2NO. The molecule has 0 radical (unpaired) electrons. The number of carbonyl (C=O) groups excluding carboxylic acids is 1. The summed E-state index contributed by atoms with van der Waals surface area (Å²) in [6.07, 6.45) is 0.179. The molecule has 0 unspecified atom stereocenters. The first-order chi connectivity index (χ1) is 6.95. The van der Waals surface area contributed by atoms with Crippen molar-refractivity contribution in [1.29, 1.82) is 0 Å². The van der Waals surface area contributed by atoms with Gasteiger partial charge in [-0.2, -0.15) is 0 Å². The fraction of sp³-hybridized carbons (Fsp3) is 0.364. The second-order valence-electron chi connectivity index (χ2n) is 3.43. The molecule has 0 aliphatic heterocycles. The minimum absolute atomic E-state index is 0.148. The van der Waals surface area contributed by atoms with Crippen LogP contribution in [0.5, 0.6) is 0 Å². The summed E-state index contributed by atoms with van der Waals surface area (Å²) in [6, 6.07) is 5.50. The lowest BCUT2D eigenvalue weighted by Gasteiger charge is -2.11. The number of halogens is 2. The second-order valence-corrected chi connectivity index (χ2v) is 3.43. The molecule has 0 atom stereocenters. The number of nitrogens with two attached hydrogens (primary N) is 1. The number of hydrogen-bond donors (Lipinski definition) is 1. The van der Waals surface area contributed by atoms with Crippen LogP contribution in [0, 0.1) is 0 Å². The van der Waals surface area contributed by atoms with E-state index in [2.05, 4.69) is 0 Å². The Morgan fingerprint density at radius 2 is 2.13 bits per heavy atom. The van der Waals surface area contributed by atoms with Crippen LogP contribution in [0.2, 0.25) is 0 Å². The molecule has 0 heterocycles.